The van der Waals surface area contributed by atoms with Gasteiger partial charge in [-0.05, 0) is 6.42 Å². The number of aryl methyl sites for hydroxylation is 1. The van der Waals surface area contributed by atoms with E-state index in [4.69, 9.17) is 5.73 Å². The zero-order chi connectivity index (χ0) is 14.6. The highest BCUT2D eigenvalue weighted by Gasteiger charge is 2.16. The number of amides is 1. The molecular formula is C10H18N4O3S2. The van der Waals surface area contributed by atoms with Gasteiger partial charge in [0.15, 0.2) is 5.13 Å². The minimum absolute atomic E-state index is 0.223. The minimum atomic E-state index is -3.22. The van der Waals surface area contributed by atoms with Crippen LogP contribution in [0, 0.1) is 0 Å². The molecule has 0 fully saturated rings. The van der Waals surface area contributed by atoms with Gasteiger partial charge in [0.05, 0.1) is 11.9 Å². The quantitative estimate of drug-likeness (QED) is 0.764. The highest BCUT2D eigenvalue weighted by molar-refractivity contribution is 7.88. The third-order valence-corrected chi connectivity index (χ3v) is 4.77. The molecule has 19 heavy (non-hydrogen) atoms. The number of carbonyl (C=O) groups is 1. The Morgan fingerprint density at radius 3 is 2.68 bits per heavy atom. The first-order valence-corrected chi connectivity index (χ1v) is 8.36. The van der Waals surface area contributed by atoms with Gasteiger partial charge < -0.3 is 11.1 Å². The predicted molar refractivity (Wildman–Crippen MR) is 75.7 cm³/mol. The summed E-state index contributed by atoms with van der Waals surface area (Å²) >= 11 is 1.13. The van der Waals surface area contributed by atoms with Crippen molar-refractivity contribution in [2.75, 3.05) is 32.1 Å². The molecule has 0 aromatic carbocycles. The summed E-state index contributed by atoms with van der Waals surface area (Å²) in [4.78, 5) is 16.5. The van der Waals surface area contributed by atoms with Crippen LogP contribution in [0.1, 0.15) is 22.3 Å². The maximum atomic E-state index is 11.9. The summed E-state index contributed by atoms with van der Waals surface area (Å²) in [6.45, 7) is 2.35. The van der Waals surface area contributed by atoms with E-state index in [9.17, 15) is 13.2 Å². The second kappa shape index (κ2) is 6.31. The highest BCUT2D eigenvalue weighted by atomic mass is 32.2. The van der Waals surface area contributed by atoms with Crippen LogP contribution in [-0.4, -0.2) is 50.0 Å². The van der Waals surface area contributed by atoms with Crippen LogP contribution >= 0.6 is 11.3 Å². The Bertz CT molecular complexity index is 553. The van der Waals surface area contributed by atoms with Gasteiger partial charge in [-0.2, -0.15) is 0 Å². The van der Waals surface area contributed by atoms with Crippen molar-refractivity contribution >= 4 is 32.4 Å². The number of likely N-dealkylation sites (N-methyl/N-ethyl adjacent to an activating group) is 1. The van der Waals surface area contributed by atoms with E-state index >= 15 is 0 Å². The summed E-state index contributed by atoms with van der Waals surface area (Å²) in [5, 5.41) is 3.02. The molecule has 1 aromatic rings. The van der Waals surface area contributed by atoms with Crippen molar-refractivity contribution in [1.29, 1.82) is 0 Å². The number of aromatic nitrogens is 1. The summed E-state index contributed by atoms with van der Waals surface area (Å²) in [5.41, 5.74) is 6.23. The SMILES string of the molecule is CCc1nc(N)sc1C(=O)NCCN(C)S(C)(=O)=O. The Labute approximate surface area is 116 Å². The molecule has 0 unspecified atom stereocenters. The van der Waals surface area contributed by atoms with Crippen LogP contribution in [0.3, 0.4) is 0 Å². The van der Waals surface area contributed by atoms with Crippen LogP contribution < -0.4 is 11.1 Å². The van der Waals surface area contributed by atoms with Gasteiger partial charge in [0.2, 0.25) is 10.0 Å². The van der Waals surface area contributed by atoms with Crippen molar-refractivity contribution in [1.82, 2.24) is 14.6 Å². The van der Waals surface area contributed by atoms with Crippen LogP contribution in [0.5, 0.6) is 0 Å². The summed E-state index contributed by atoms with van der Waals surface area (Å²) in [6, 6.07) is 0. The Balaban J connectivity index is 2.57. The lowest BCUT2D eigenvalue weighted by Crippen LogP contribution is -2.35. The van der Waals surface area contributed by atoms with Crippen molar-refractivity contribution in [2.45, 2.75) is 13.3 Å². The van der Waals surface area contributed by atoms with Crippen LogP contribution in [0.2, 0.25) is 0 Å². The van der Waals surface area contributed by atoms with Crippen molar-refractivity contribution in [3.05, 3.63) is 10.6 Å². The third kappa shape index (κ3) is 4.44. The topological polar surface area (TPSA) is 105 Å². The molecule has 9 heteroatoms. The summed E-state index contributed by atoms with van der Waals surface area (Å²) in [6.07, 6.45) is 1.74. The van der Waals surface area contributed by atoms with Crippen LogP contribution in [0.15, 0.2) is 0 Å². The normalized spacial score (nSPS) is 11.8. The number of nitrogens with two attached hydrogens (primary N) is 1. The number of rotatable bonds is 6. The molecule has 1 rings (SSSR count). The summed E-state index contributed by atoms with van der Waals surface area (Å²) in [5.74, 6) is -0.270. The van der Waals surface area contributed by atoms with Crippen molar-refractivity contribution in [2.24, 2.45) is 0 Å². The molecule has 0 atom stereocenters. The fourth-order valence-corrected chi connectivity index (χ4v) is 2.62. The van der Waals surface area contributed by atoms with Crippen LogP contribution in [-0.2, 0) is 16.4 Å². The van der Waals surface area contributed by atoms with E-state index in [0.717, 1.165) is 17.6 Å². The number of carbonyl (C=O) groups excluding carboxylic acids is 1. The zero-order valence-corrected chi connectivity index (χ0v) is 12.8. The second-order valence-corrected chi connectivity index (χ2v) is 7.14. The van der Waals surface area contributed by atoms with Crippen molar-refractivity contribution in [3.63, 3.8) is 0 Å². The van der Waals surface area contributed by atoms with E-state index in [1.807, 2.05) is 6.92 Å². The van der Waals surface area contributed by atoms with E-state index < -0.39 is 10.0 Å². The summed E-state index contributed by atoms with van der Waals surface area (Å²) in [7, 11) is -1.76. The summed E-state index contributed by atoms with van der Waals surface area (Å²) < 4.78 is 23.5. The number of nitrogens with one attached hydrogen (secondary N) is 1. The zero-order valence-electron chi connectivity index (χ0n) is 11.1. The second-order valence-electron chi connectivity index (χ2n) is 4.02. The third-order valence-electron chi connectivity index (χ3n) is 2.53. The van der Waals surface area contributed by atoms with E-state index in [-0.39, 0.29) is 19.0 Å². The van der Waals surface area contributed by atoms with Gasteiger partial charge in [0.1, 0.15) is 4.88 Å². The Morgan fingerprint density at radius 2 is 2.16 bits per heavy atom. The van der Waals surface area contributed by atoms with E-state index in [1.54, 1.807) is 0 Å². The molecule has 1 amide bonds. The molecule has 0 saturated heterocycles. The van der Waals surface area contributed by atoms with Crippen molar-refractivity contribution < 1.29 is 13.2 Å². The molecule has 0 saturated carbocycles. The molecule has 0 bridgehead atoms. The number of anilines is 1. The lowest BCUT2D eigenvalue weighted by molar-refractivity contribution is 0.0955. The van der Waals surface area contributed by atoms with Crippen molar-refractivity contribution in [3.8, 4) is 0 Å². The molecule has 108 valence electrons. The first-order valence-electron chi connectivity index (χ1n) is 5.70. The maximum Gasteiger partial charge on any atom is 0.263 e. The first-order chi connectivity index (χ1) is 8.75. The van der Waals surface area contributed by atoms with Crippen LogP contribution in [0.25, 0.3) is 0 Å². The lowest BCUT2D eigenvalue weighted by Gasteiger charge is -2.14. The molecule has 0 aliphatic rings. The molecule has 0 spiro atoms. The smallest absolute Gasteiger partial charge is 0.263 e. The Hall–Kier alpha value is -1.19. The fraction of sp³-hybridized carbons (Fsp3) is 0.600. The number of hydrogen-bond acceptors (Lipinski definition) is 6. The largest absolute Gasteiger partial charge is 0.375 e. The lowest BCUT2D eigenvalue weighted by atomic mass is 10.3. The highest BCUT2D eigenvalue weighted by Crippen LogP contribution is 2.20. The van der Waals surface area contributed by atoms with E-state index in [2.05, 4.69) is 10.3 Å². The van der Waals surface area contributed by atoms with E-state index in [0.29, 0.717) is 22.1 Å². The van der Waals surface area contributed by atoms with E-state index in [1.165, 1.54) is 11.4 Å². The van der Waals surface area contributed by atoms with Crippen LogP contribution in [0.4, 0.5) is 5.13 Å². The molecular weight excluding hydrogens is 288 g/mol. The fourth-order valence-electron chi connectivity index (χ4n) is 1.36. The maximum absolute atomic E-state index is 11.9. The molecule has 1 aromatic heterocycles. The molecule has 7 nitrogen and oxygen atoms in total. The van der Waals surface area contributed by atoms with Gasteiger partial charge in [-0.15, -0.1) is 0 Å². The van der Waals surface area contributed by atoms with Gasteiger partial charge in [-0.1, -0.05) is 18.3 Å². The molecule has 3 N–H and O–H groups in total. The molecule has 0 aliphatic carbocycles. The molecule has 0 aliphatic heterocycles. The average Bonchev–Trinajstić information content (AvgIpc) is 2.69. The minimum Gasteiger partial charge on any atom is -0.375 e. The monoisotopic (exact) mass is 306 g/mol. The average molecular weight is 306 g/mol. The standard InChI is InChI=1S/C10H18N4O3S2/c1-4-7-8(18-10(11)13-7)9(15)12-5-6-14(2)19(3,16)17/h4-6H2,1-3H3,(H2,11,13)(H,12,15). The molecule has 0 radical (unpaired) electrons. The van der Waals surface area contributed by atoms with Gasteiger partial charge >= 0.3 is 0 Å². The number of thiazole rings is 1. The Kier molecular flexibility index (Phi) is 5.27. The van der Waals surface area contributed by atoms with Gasteiger partial charge in [-0.25, -0.2) is 17.7 Å². The molecule has 1 heterocycles. The van der Waals surface area contributed by atoms with Gasteiger partial charge in [0.25, 0.3) is 5.91 Å². The number of hydrogen-bond donors (Lipinski definition) is 2. The van der Waals surface area contributed by atoms with Gasteiger partial charge in [-0.3, -0.25) is 4.79 Å². The Morgan fingerprint density at radius 1 is 1.53 bits per heavy atom. The number of sulfonamides is 1. The first kappa shape index (κ1) is 15.9. The predicted octanol–water partition coefficient (Wildman–Crippen LogP) is -0.0911. The number of nitrogens with zero attached hydrogens (tertiary/aromatic N) is 2. The number of nitrogen functional groups attached to an aromatic ring is 1. The van der Waals surface area contributed by atoms with Gasteiger partial charge in [0, 0.05) is 20.1 Å².